The molecule has 2 amide bonds. The fourth-order valence-corrected chi connectivity index (χ4v) is 3.66. The summed E-state index contributed by atoms with van der Waals surface area (Å²) in [5.74, 6) is -3.64. The van der Waals surface area contributed by atoms with Gasteiger partial charge in [-0.1, -0.05) is 36.4 Å². The maximum Gasteiger partial charge on any atom is 0.272 e. The lowest BCUT2D eigenvalue weighted by atomic mass is 10.0. The van der Waals surface area contributed by atoms with Crippen molar-refractivity contribution in [2.75, 3.05) is 5.32 Å². The van der Waals surface area contributed by atoms with E-state index in [1.165, 1.54) is 18.2 Å². The second-order valence-electron chi connectivity index (χ2n) is 6.98. The Morgan fingerprint density at radius 1 is 1.00 bits per heavy atom. The zero-order valence-electron chi connectivity index (χ0n) is 15.9. The van der Waals surface area contributed by atoms with Gasteiger partial charge in [-0.05, 0) is 29.8 Å². The zero-order chi connectivity index (χ0) is 21.5. The highest BCUT2D eigenvalue weighted by molar-refractivity contribution is 6.18. The number of hydrogen-bond donors (Lipinski definition) is 3. The number of H-pyrrole nitrogens is 1. The number of aromatic nitrogens is 1. The van der Waals surface area contributed by atoms with Crippen LogP contribution in [0.2, 0.25) is 0 Å². The van der Waals surface area contributed by atoms with Crippen LogP contribution in [-0.4, -0.2) is 23.0 Å². The van der Waals surface area contributed by atoms with E-state index in [0.29, 0.717) is 16.5 Å². The SMILES string of the molecule is O=C(Nc1cc2c3c(c(-c4ccccc4)[nH]c3c1)C=NNC2=O)c1cccc(F)c1F. The summed E-state index contributed by atoms with van der Waals surface area (Å²) in [5, 5.41) is 7.17. The second kappa shape index (κ2) is 7.17. The Morgan fingerprint density at radius 3 is 2.61 bits per heavy atom. The molecular formula is C23H14F2N4O2. The Morgan fingerprint density at radius 2 is 1.81 bits per heavy atom. The second-order valence-corrected chi connectivity index (χ2v) is 6.98. The van der Waals surface area contributed by atoms with E-state index in [1.54, 1.807) is 12.3 Å². The molecule has 0 saturated carbocycles. The smallest absolute Gasteiger partial charge is 0.272 e. The molecule has 4 aromatic rings. The van der Waals surface area contributed by atoms with E-state index in [-0.39, 0.29) is 5.69 Å². The van der Waals surface area contributed by atoms with E-state index in [0.717, 1.165) is 22.9 Å². The minimum absolute atomic E-state index is 0.251. The highest BCUT2D eigenvalue weighted by Gasteiger charge is 2.23. The minimum Gasteiger partial charge on any atom is -0.354 e. The largest absolute Gasteiger partial charge is 0.354 e. The third kappa shape index (κ3) is 3.14. The Balaban J connectivity index is 1.64. The maximum absolute atomic E-state index is 14.0. The van der Waals surface area contributed by atoms with Crippen molar-refractivity contribution < 1.29 is 18.4 Å². The van der Waals surface area contributed by atoms with Crippen molar-refractivity contribution in [3.63, 3.8) is 0 Å². The van der Waals surface area contributed by atoms with E-state index in [4.69, 9.17) is 0 Å². The van der Waals surface area contributed by atoms with E-state index in [9.17, 15) is 18.4 Å². The number of halogens is 2. The highest BCUT2D eigenvalue weighted by Crippen LogP contribution is 2.34. The molecule has 3 N–H and O–H groups in total. The monoisotopic (exact) mass is 416 g/mol. The number of nitrogens with zero attached hydrogens (tertiary/aromatic N) is 1. The van der Waals surface area contributed by atoms with Gasteiger partial charge in [-0.25, -0.2) is 14.2 Å². The third-order valence-electron chi connectivity index (χ3n) is 5.06. The molecule has 1 aliphatic heterocycles. The van der Waals surface area contributed by atoms with E-state index >= 15 is 0 Å². The lowest BCUT2D eigenvalue weighted by molar-refractivity contribution is 0.0955. The van der Waals surface area contributed by atoms with Gasteiger partial charge >= 0.3 is 0 Å². The first kappa shape index (κ1) is 18.7. The van der Waals surface area contributed by atoms with Crippen molar-refractivity contribution >= 4 is 34.6 Å². The molecule has 0 spiro atoms. The van der Waals surface area contributed by atoms with E-state index < -0.39 is 29.0 Å². The Bertz CT molecular complexity index is 1390. The molecule has 0 radical (unpaired) electrons. The van der Waals surface area contributed by atoms with Crippen molar-refractivity contribution in [3.8, 4) is 11.3 Å². The number of aromatic amines is 1. The molecular weight excluding hydrogens is 402 g/mol. The van der Waals surface area contributed by atoms with Crippen LogP contribution in [-0.2, 0) is 0 Å². The molecule has 152 valence electrons. The molecule has 31 heavy (non-hydrogen) atoms. The van der Waals surface area contributed by atoms with Crippen LogP contribution >= 0.6 is 0 Å². The predicted molar refractivity (Wildman–Crippen MR) is 113 cm³/mol. The normalized spacial score (nSPS) is 12.5. The summed E-state index contributed by atoms with van der Waals surface area (Å²) in [6.45, 7) is 0. The number of hydrazone groups is 1. The molecule has 8 heteroatoms. The van der Waals surface area contributed by atoms with Crippen LogP contribution in [0.1, 0.15) is 26.3 Å². The molecule has 0 saturated heterocycles. The highest BCUT2D eigenvalue weighted by atomic mass is 19.2. The van der Waals surface area contributed by atoms with Crippen LogP contribution in [0.3, 0.4) is 0 Å². The molecule has 0 unspecified atom stereocenters. The van der Waals surface area contributed by atoms with Gasteiger partial charge in [0.15, 0.2) is 11.6 Å². The first-order valence-corrected chi connectivity index (χ1v) is 9.37. The molecule has 5 rings (SSSR count). The molecule has 1 aliphatic rings. The number of rotatable bonds is 3. The van der Waals surface area contributed by atoms with Crippen LogP contribution in [0.15, 0.2) is 65.8 Å². The number of benzene rings is 3. The number of amides is 2. The lowest BCUT2D eigenvalue weighted by Gasteiger charge is -2.09. The van der Waals surface area contributed by atoms with Crippen molar-refractivity contribution in [1.82, 2.24) is 10.4 Å². The molecule has 0 atom stereocenters. The van der Waals surface area contributed by atoms with Gasteiger partial charge in [0.05, 0.1) is 23.0 Å². The minimum atomic E-state index is -1.24. The number of nitrogens with one attached hydrogen (secondary N) is 3. The van der Waals surface area contributed by atoms with Crippen LogP contribution in [0.25, 0.3) is 22.2 Å². The van der Waals surface area contributed by atoms with Crippen LogP contribution in [0.4, 0.5) is 14.5 Å². The van der Waals surface area contributed by atoms with E-state index in [2.05, 4.69) is 20.8 Å². The summed E-state index contributed by atoms with van der Waals surface area (Å²) in [5.41, 5.74) is 5.52. The summed E-state index contributed by atoms with van der Waals surface area (Å²) in [6, 6.07) is 16.0. The Labute approximate surface area is 174 Å². The predicted octanol–water partition coefficient (Wildman–Crippen LogP) is 4.44. The van der Waals surface area contributed by atoms with Gasteiger partial charge in [0, 0.05) is 22.2 Å². The van der Waals surface area contributed by atoms with E-state index in [1.807, 2.05) is 30.3 Å². The fraction of sp³-hybridized carbons (Fsp3) is 0. The van der Waals surface area contributed by atoms with Crippen LogP contribution in [0, 0.1) is 11.6 Å². The van der Waals surface area contributed by atoms with Crippen LogP contribution in [0.5, 0.6) is 0 Å². The Hall–Kier alpha value is -4.33. The molecule has 6 nitrogen and oxygen atoms in total. The van der Waals surface area contributed by atoms with Crippen molar-refractivity contribution in [2.45, 2.75) is 0 Å². The van der Waals surface area contributed by atoms with Crippen molar-refractivity contribution in [1.29, 1.82) is 0 Å². The number of anilines is 1. The van der Waals surface area contributed by atoms with Crippen molar-refractivity contribution in [3.05, 3.63) is 89.0 Å². The molecule has 0 aliphatic carbocycles. The average molecular weight is 416 g/mol. The third-order valence-corrected chi connectivity index (χ3v) is 5.06. The van der Waals surface area contributed by atoms with Gasteiger partial charge in [-0.15, -0.1) is 0 Å². The molecule has 3 aromatic carbocycles. The van der Waals surface area contributed by atoms with Crippen molar-refractivity contribution in [2.24, 2.45) is 5.10 Å². The molecule has 0 bridgehead atoms. The Kier molecular flexibility index (Phi) is 4.32. The van der Waals surface area contributed by atoms with Gasteiger partial charge in [0.2, 0.25) is 0 Å². The summed E-state index contributed by atoms with van der Waals surface area (Å²) >= 11 is 0. The van der Waals surface area contributed by atoms with Crippen LogP contribution < -0.4 is 10.7 Å². The quantitative estimate of drug-likeness (QED) is 0.461. The first-order valence-electron chi connectivity index (χ1n) is 9.37. The molecule has 1 aromatic heterocycles. The zero-order valence-corrected chi connectivity index (χ0v) is 15.9. The van der Waals surface area contributed by atoms with Gasteiger partial charge < -0.3 is 10.3 Å². The van der Waals surface area contributed by atoms with Gasteiger partial charge in [0.25, 0.3) is 11.8 Å². The number of carbonyl (C=O) groups is 2. The first-order chi connectivity index (χ1) is 15.0. The summed E-state index contributed by atoms with van der Waals surface area (Å²) in [6.07, 6.45) is 1.57. The lowest BCUT2D eigenvalue weighted by Crippen LogP contribution is -2.18. The molecule has 0 fully saturated rings. The molecule has 2 heterocycles. The number of carbonyl (C=O) groups excluding carboxylic acids is 2. The fourth-order valence-electron chi connectivity index (χ4n) is 3.66. The topological polar surface area (TPSA) is 86.3 Å². The average Bonchev–Trinajstić information content (AvgIpc) is 3.05. The maximum atomic E-state index is 14.0. The van der Waals surface area contributed by atoms with Gasteiger partial charge in [0.1, 0.15) is 0 Å². The number of hydrogen-bond acceptors (Lipinski definition) is 3. The van der Waals surface area contributed by atoms with Gasteiger partial charge in [-0.2, -0.15) is 5.10 Å². The summed E-state index contributed by atoms with van der Waals surface area (Å²) in [7, 11) is 0. The summed E-state index contributed by atoms with van der Waals surface area (Å²) < 4.78 is 27.5. The summed E-state index contributed by atoms with van der Waals surface area (Å²) in [4.78, 5) is 28.4. The van der Waals surface area contributed by atoms with Gasteiger partial charge in [-0.3, -0.25) is 9.59 Å². The standard InChI is InChI=1S/C23H14F2N4O2/c24-17-8-4-7-14(20(17)25)22(30)27-13-9-15-19-16(11-26-29-23(15)31)21(28-18(19)10-13)12-5-2-1-3-6-12/h1-11,28H,(H,27,30)(H,29,31).